The third kappa shape index (κ3) is 2.77. The molecule has 0 N–H and O–H groups in total. The zero-order valence-corrected chi connectivity index (χ0v) is 8.14. The van der Waals surface area contributed by atoms with Crippen molar-refractivity contribution >= 4 is 5.97 Å². The quantitative estimate of drug-likeness (QED) is 0.481. The van der Waals surface area contributed by atoms with E-state index >= 15 is 0 Å². The maximum Gasteiger partial charge on any atom is 0.303 e. The summed E-state index contributed by atoms with van der Waals surface area (Å²) in [6.07, 6.45) is 11.2. The molecule has 1 aliphatic carbocycles. The fourth-order valence-electron chi connectivity index (χ4n) is 2.00. The highest BCUT2D eigenvalue weighted by Gasteiger charge is 2.34. The average molecular weight is 180 g/mol. The van der Waals surface area contributed by atoms with Gasteiger partial charge in [0.1, 0.15) is 5.60 Å². The summed E-state index contributed by atoms with van der Waals surface area (Å²) in [4.78, 5) is 10.9. The van der Waals surface area contributed by atoms with Gasteiger partial charge in [-0.3, -0.25) is 4.79 Å². The van der Waals surface area contributed by atoms with Crippen molar-refractivity contribution in [3.8, 4) is 12.3 Å². The summed E-state index contributed by atoms with van der Waals surface area (Å²) in [6.45, 7) is 1.45. The number of terminal acetylenes is 1. The molecular weight excluding hydrogens is 164 g/mol. The first-order valence-corrected chi connectivity index (χ1v) is 4.82. The van der Waals surface area contributed by atoms with Gasteiger partial charge in [-0.25, -0.2) is 0 Å². The van der Waals surface area contributed by atoms with Gasteiger partial charge in [0.15, 0.2) is 0 Å². The molecule has 0 spiro atoms. The summed E-state index contributed by atoms with van der Waals surface area (Å²) in [5.41, 5.74) is -0.334. The first-order valence-electron chi connectivity index (χ1n) is 4.82. The van der Waals surface area contributed by atoms with E-state index in [2.05, 4.69) is 5.92 Å². The number of carbonyl (C=O) groups is 1. The SMILES string of the molecule is C#CCC1(OC(C)=O)CCCCC1. The minimum atomic E-state index is -0.334. The average Bonchev–Trinajstić information content (AvgIpc) is 2.04. The van der Waals surface area contributed by atoms with Gasteiger partial charge in [0.25, 0.3) is 0 Å². The summed E-state index contributed by atoms with van der Waals surface area (Å²) in [7, 11) is 0. The lowest BCUT2D eigenvalue weighted by molar-refractivity contribution is -0.159. The molecule has 0 aromatic heterocycles. The Balaban J connectivity index is 2.62. The van der Waals surface area contributed by atoms with Crippen LogP contribution in [0, 0.1) is 12.3 Å². The molecule has 0 unspecified atom stereocenters. The summed E-state index contributed by atoms with van der Waals surface area (Å²) < 4.78 is 5.34. The van der Waals surface area contributed by atoms with Crippen molar-refractivity contribution < 1.29 is 9.53 Å². The molecule has 72 valence electrons. The highest BCUT2D eigenvalue weighted by Crippen LogP contribution is 2.34. The number of esters is 1. The molecule has 1 saturated carbocycles. The molecule has 1 fully saturated rings. The van der Waals surface area contributed by atoms with Crippen LogP contribution >= 0.6 is 0 Å². The van der Waals surface area contributed by atoms with Gasteiger partial charge in [0.2, 0.25) is 0 Å². The van der Waals surface area contributed by atoms with Crippen LogP contribution in [0.3, 0.4) is 0 Å². The lowest BCUT2D eigenvalue weighted by Crippen LogP contribution is -2.36. The molecule has 0 bridgehead atoms. The Kier molecular flexibility index (Phi) is 3.36. The van der Waals surface area contributed by atoms with Crippen LogP contribution in [-0.2, 0) is 9.53 Å². The topological polar surface area (TPSA) is 26.3 Å². The van der Waals surface area contributed by atoms with Gasteiger partial charge in [-0.1, -0.05) is 6.42 Å². The van der Waals surface area contributed by atoms with Crippen LogP contribution in [0.25, 0.3) is 0 Å². The summed E-state index contributed by atoms with van der Waals surface area (Å²) in [5, 5.41) is 0. The number of hydrogen-bond donors (Lipinski definition) is 0. The van der Waals surface area contributed by atoms with Gasteiger partial charge in [-0.15, -0.1) is 12.3 Å². The minimum absolute atomic E-state index is 0.211. The summed E-state index contributed by atoms with van der Waals surface area (Å²) >= 11 is 0. The molecule has 1 aliphatic rings. The predicted octanol–water partition coefficient (Wildman–Crippen LogP) is 2.28. The molecule has 2 heteroatoms. The fraction of sp³-hybridized carbons (Fsp3) is 0.727. The van der Waals surface area contributed by atoms with Crippen LogP contribution in [0.15, 0.2) is 0 Å². The van der Waals surface area contributed by atoms with Crippen LogP contribution in [0.1, 0.15) is 45.4 Å². The van der Waals surface area contributed by atoms with Crippen molar-refractivity contribution in [2.75, 3.05) is 0 Å². The number of hydrogen-bond acceptors (Lipinski definition) is 2. The Morgan fingerprint density at radius 2 is 2.08 bits per heavy atom. The van der Waals surface area contributed by atoms with Gasteiger partial charge < -0.3 is 4.74 Å². The molecule has 1 rings (SSSR count). The second-order valence-electron chi connectivity index (χ2n) is 3.72. The van der Waals surface area contributed by atoms with E-state index in [0.29, 0.717) is 6.42 Å². The Labute approximate surface area is 79.7 Å². The Morgan fingerprint density at radius 1 is 1.46 bits per heavy atom. The van der Waals surface area contributed by atoms with E-state index in [0.717, 1.165) is 25.7 Å². The van der Waals surface area contributed by atoms with Crippen molar-refractivity contribution in [2.24, 2.45) is 0 Å². The molecule has 0 heterocycles. The van der Waals surface area contributed by atoms with E-state index in [1.807, 2.05) is 0 Å². The van der Waals surface area contributed by atoms with Crippen LogP contribution < -0.4 is 0 Å². The van der Waals surface area contributed by atoms with Crippen molar-refractivity contribution in [3.05, 3.63) is 0 Å². The predicted molar refractivity (Wildman–Crippen MR) is 51.0 cm³/mol. The van der Waals surface area contributed by atoms with E-state index in [4.69, 9.17) is 11.2 Å². The summed E-state index contributed by atoms with van der Waals surface area (Å²) in [6, 6.07) is 0. The normalized spacial score (nSPS) is 20.3. The molecule has 0 aromatic carbocycles. The van der Waals surface area contributed by atoms with E-state index in [9.17, 15) is 4.79 Å². The van der Waals surface area contributed by atoms with Crippen LogP contribution in [0.5, 0.6) is 0 Å². The smallest absolute Gasteiger partial charge is 0.303 e. The van der Waals surface area contributed by atoms with Crippen molar-refractivity contribution in [1.82, 2.24) is 0 Å². The highest BCUT2D eigenvalue weighted by molar-refractivity contribution is 5.66. The summed E-state index contributed by atoms with van der Waals surface area (Å²) in [5.74, 6) is 2.40. The molecule has 0 amide bonds. The van der Waals surface area contributed by atoms with E-state index in [-0.39, 0.29) is 11.6 Å². The van der Waals surface area contributed by atoms with Crippen molar-refractivity contribution in [2.45, 2.75) is 51.0 Å². The van der Waals surface area contributed by atoms with E-state index < -0.39 is 0 Å². The zero-order valence-electron chi connectivity index (χ0n) is 8.14. The number of ether oxygens (including phenoxy) is 1. The van der Waals surface area contributed by atoms with Crippen LogP contribution in [-0.4, -0.2) is 11.6 Å². The van der Waals surface area contributed by atoms with Gasteiger partial charge >= 0.3 is 5.97 Å². The monoisotopic (exact) mass is 180 g/mol. The standard InChI is InChI=1S/C11H16O2/c1-3-7-11(13-10(2)12)8-5-4-6-9-11/h1H,4-9H2,2H3. The molecule has 0 aliphatic heterocycles. The second-order valence-corrected chi connectivity index (χ2v) is 3.72. The van der Waals surface area contributed by atoms with E-state index in [1.165, 1.54) is 13.3 Å². The Bertz CT molecular complexity index is 219. The van der Waals surface area contributed by atoms with Gasteiger partial charge in [0.05, 0.1) is 0 Å². The molecule has 0 saturated heterocycles. The first kappa shape index (κ1) is 10.1. The molecule has 0 radical (unpaired) electrons. The number of carbonyl (C=O) groups excluding carboxylic acids is 1. The maximum atomic E-state index is 10.9. The van der Waals surface area contributed by atoms with Crippen molar-refractivity contribution in [1.29, 1.82) is 0 Å². The van der Waals surface area contributed by atoms with Gasteiger partial charge in [0, 0.05) is 13.3 Å². The highest BCUT2D eigenvalue weighted by atomic mass is 16.6. The van der Waals surface area contributed by atoms with Gasteiger partial charge in [-0.2, -0.15) is 0 Å². The molecular formula is C11H16O2. The third-order valence-electron chi connectivity index (χ3n) is 2.55. The van der Waals surface area contributed by atoms with Crippen LogP contribution in [0.2, 0.25) is 0 Å². The molecule has 0 atom stereocenters. The number of rotatable bonds is 2. The lowest BCUT2D eigenvalue weighted by atomic mass is 9.82. The molecule has 13 heavy (non-hydrogen) atoms. The third-order valence-corrected chi connectivity index (χ3v) is 2.55. The van der Waals surface area contributed by atoms with E-state index in [1.54, 1.807) is 0 Å². The van der Waals surface area contributed by atoms with Gasteiger partial charge in [-0.05, 0) is 25.7 Å². The lowest BCUT2D eigenvalue weighted by Gasteiger charge is -2.34. The first-order chi connectivity index (χ1) is 6.18. The minimum Gasteiger partial charge on any atom is -0.458 e. The fourth-order valence-corrected chi connectivity index (χ4v) is 2.00. The Morgan fingerprint density at radius 3 is 2.54 bits per heavy atom. The maximum absolute atomic E-state index is 10.9. The van der Waals surface area contributed by atoms with Crippen LogP contribution in [0.4, 0.5) is 0 Å². The molecule has 2 nitrogen and oxygen atoms in total. The second kappa shape index (κ2) is 4.32. The zero-order chi connectivity index (χ0) is 9.73. The largest absolute Gasteiger partial charge is 0.458 e. The Hall–Kier alpha value is -0.970. The van der Waals surface area contributed by atoms with Crippen molar-refractivity contribution in [3.63, 3.8) is 0 Å². The molecule has 0 aromatic rings.